The highest BCUT2D eigenvalue weighted by molar-refractivity contribution is 4.95. The molecule has 0 N–H and O–H groups in total. The molecule has 72 valence electrons. The fourth-order valence-corrected chi connectivity index (χ4v) is 1.77. The second-order valence-corrected chi connectivity index (χ2v) is 4.13. The van der Waals surface area contributed by atoms with E-state index >= 15 is 0 Å². The Hall–Kier alpha value is -0.260. The first-order valence-electron chi connectivity index (χ1n) is 4.88. The molecular formula is C12H24. The summed E-state index contributed by atoms with van der Waals surface area (Å²) in [6, 6.07) is 0. The standard InChI is InChI=1S/C11H20.CH4/c1-9(2)10(3)11-7-5-4-6-8-11;/h5,7,9-11H,4,6,8H2,1-3H3;1H4/t10-,11-;/m1./s1. The minimum absolute atomic E-state index is 0. The number of rotatable bonds is 2. The number of allylic oxidation sites excluding steroid dienone is 2. The molecule has 0 radical (unpaired) electrons. The van der Waals surface area contributed by atoms with Gasteiger partial charge >= 0.3 is 0 Å². The Bertz CT molecular complexity index is 133. The van der Waals surface area contributed by atoms with Crippen molar-refractivity contribution in [3.63, 3.8) is 0 Å². The SMILES string of the molecule is C.CC(C)[C@@H](C)[C@@H]1C=CCCC1. The van der Waals surface area contributed by atoms with Crippen LogP contribution < -0.4 is 0 Å². The molecule has 12 heavy (non-hydrogen) atoms. The lowest BCUT2D eigenvalue weighted by molar-refractivity contribution is 0.299. The van der Waals surface area contributed by atoms with Crippen LogP contribution in [0.4, 0.5) is 0 Å². The third-order valence-electron chi connectivity index (χ3n) is 3.02. The summed E-state index contributed by atoms with van der Waals surface area (Å²) < 4.78 is 0. The average molecular weight is 168 g/mol. The maximum absolute atomic E-state index is 2.42. The summed E-state index contributed by atoms with van der Waals surface area (Å²) in [5.74, 6) is 2.57. The van der Waals surface area contributed by atoms with Crippen LogP contribution in [0.15, 0.2) is 12.2 Å². The average Bonchev–Trinajstić information content (AvgIpc) is 2.05. The van der Waals surface area contributed by atoms with Crippen LogP contribution in [-0.2, 0) is 0 Å². The summed E-state index contributed by atoms with van der Waals surface area (Å²) in [7, 11) is 0. The number of hydrogen-bond acceptors (Lipinski definition) is 0. The molecule has 1 aliphatic rings. The van der Waals surface area contributed by atoms with Gasteiger partial charge in [0.25, 0.3) is 0 Å². The minimum Gasteiger partial charge on any atom is -0.0882 e. The molecule has 0 amide bonds. The molecule has 0 heterocycles. The fraction of sp³-hybridized carbons (Fsp3) is 0.833. The summed E-state index contributed by atoms with van der Waals surface area (Å²) >= 11 is 0. The zero-order valence-corrected chi connectivity index (χ0v) is 8.01. The zero-order chi connectivity index (χ0) is 8.27. The first-order valence-corrected chi connectivity index (χ1v) is 4.88. The second kappa shape index (κ2) is 5.40. The summed E-state index contributed by atoms with van der Waals surface area (Å²) in [6.45, 7) is 7.03. The summed E-state index contributed by atoms with van der Waals surface area (Å²) in [4.78, 5) is 0. The molecule has 0 saturated carbocycles. The molecule has 0 aromatic rings. The molecule has 0 aliphatic heterocycles. The van der Waals surface area contributed by atoms with E-state index in [9.17, 15) is 0 Å². The van der Waals surface area contributed by atoms with Crippen LogP contribution in [0.5, 0.6) is 0 Å². The molecular weight excluding hydrogens is 144 g/mol. The summed E-state index contributed by atoms with van der Waals surface area (Å²) in [5, 5.41) is 0. The van der Waals surface area contributed by atoms with Gasteiger partial charge < -0.3 is 0 Å². The lowest BCUT2D eigenvalue weighted by Crippen LogP contribution is -2.16. The van der Waals surface area contributed by atoms with E-state index in [1.165, 1.54) is 19.3 Å². The smallest absolute Gasteiger partial charge is 0.0205 e. The molecule has 2 atom stereocenters. The highest BCUT2D eigenvalue weighted by atomic mass is 14.2. The molecule has 0 aromatic heterocycles. The van der Waals surface area contributed by atoms with Gasteiger partial charge in [-0.25, -0.2) is 0 Å². The molecule has 0 nitrogen and oxygen atoms in total. The number of hydrogen-bond donors (Lipinski definition) is 0. The Morgan fingerprint density at radius 2 is 1.92 bits per heavy atom. The van der Waals surface area contributed by atoms with E-state index in [1.807, 2.05) is 0 Å². The maximum Gasteiger partial charge on any atom is -0.0205 e. The van der Waals surface area contributed by atoms with Crippen molar-refractivity contribution in [3.05, 3.63) is 12.2 Å². The highest BCUT2D eigenvalue weighted by Gasteiger charge is 2.18. The summed E-state index contributed by atoms with van der Waals surface area (Å²) in [5.41, 5.74) is 0. The molecule has 0 heteroatoms. The predicted octanol–water partition coefficient (Wildman–Crippen LogP) is 4.27. The van der Waals surface area contributed by atoms with Crippen molar-refractivity contribution in [1.82, 2.24) is 0 Å². The van der Waals surface area contributed by atoms with Crippen molar-refractivity contribution in [2.45, 2.75) is 47.5 Å². The largest absolute Gasteiger partial charge is 0.0882 e. The topological polar surface area (TPSA) is 0 Å². The van der Waals surface area contributed by atoms with Crippen LogP contribution in [0.1, 0.15) is 47.5 Å². The lowest BCUT2D eigenvalue weighted by Gasteiger charge is -2.26. The normalized spacial score (nSPS) is 25.2. The van der Waals surface area contributed by atoms with Crippen LogP contribution in [0.25, 0.3) is 0 Å². The molecule has 0 spiro atoms. The summed E-state index contributed by atoms with van der Waals surface area (Å²) in [6.07, 6.45) is 8.90. The Morgan fingerprint density at radius 3 is 2.33 bits per heavy atom. The van der Waals surface area contributed by atoms with E-state index in [2.05, 4.69) is 32.9 Å². The zero-order valence-electron chi connectivity index (χ0n) is 8.01. The van der Waals surface area contributed by atoms with Gasteiger partial charge in [-0.2, -0.15) is 0 Å². The van der Waals surface area contributed by atoms with Gasteiger partial charge in [0, 0.05) is 0 Å². The maximum atomic E-state index is 2.42. The van der Waals surface area contributed by atoms with Crippen molar-refractivity contribution < 1.29 is 0 Å². The molecule has 0 saturated heterocycles. The van der Waals surface area contributed by atoms with E-state index in [0.29, 0.717) is 0 Å². The van der Waals surface area contributed by atoms with E-state index in [4.69, 9.17) is 0 Å². The van der Waals surface area contributed by atoms with Gasteiger partial charge in [-0.05, 0) is 37.0 Å². The van der Waals surface area contributed by atoms with Crippen LogP contribution in [0.2, 0.25) is 0 Å². The Kier molecular flexibility index (Phi) is 5.28. The van der Waals surface area contributed by atoms with Crippen LogP contribution >= 0.6 is 0 Å². The fourth-order valence-electron chi connectivity index (χ4n) is 1.77. The monoisotopic (exact) mass is 168 g/mol. The third kappa shape index (κ3) is 3.00. The van der Waals surface area contributed by atoms with Crippen molar-refractivity contribution in [3.8, 4) is 0 Å². The second-order valence-electron chi connectivity index (χ2n) is 4.13. The van der Waals surface area contributed by atoms with Gasteiger partial charge in [0.1, 0.15) is 0 Å². The molecule has 1 rings (SSSR count). The lowest BCUT2D eigenvalue weighted by atomic mass is 9.80. The molecule has 0 fully saturated rings. The van der Waals surface area contributed by atoms with Gasteiger partial charge in [0.05, 0.1) is 0 Å². The van der Waals surface area contributed by atoms with Gasteiger partial charge in [0.15, 0.2) is 0 Å². The van der Waals surface area contributed by atoms with Gasteiger partial charge in [-0.1, -0.05) is 40.3 Å². The van der Waals surface area contributed by atoms with Crippen molar-refractivity contribution >= 4 is 0 Å². The Morgan fingerprint density at radius 1 is 1.25 bits per heavy atom. The van der Waals surface area contributed by atoms with Crippen LogP contribution in [0.3, 0.4) is 0 Å². The highest BCUT2D eigenvalue weighted by Crippen LogP contribution is 2.28. The van der Waals surface area contributed by atoms with Crippen LogP contribution in [-0.4, -0.2) is 0 Å². The van der Waals surface area contributed by atoms with E-state index in [0.717, 1.165) is 17.8 Å². The first kappa shape index (κ1) is 11.7. The van der Waals surface area contributed by atoms with Crippen molar-refractivity contribution in [2.24, 2.45) is 17.8 Å². The molecule has 0 bridgehead atoms. The predicted molar refractivity (Wildman–Crippen MR) is 57.2 cm³/mol. The van der Waals surface area contributed by atoms with E-state index in [-0.39, 0.29) is 7.43 Å². The van der Waals surface area contributed by atoms with E-state index in [1.54, 1.807) is 0 Å². The molecule has 1 aliphatic carbocycles. The Labute approximate surface area is 78.1 Å². The van der Waals surface area contributed by atoms with Gasteiger partial charge in [-0.15, -0.1) is 0 Å². The molecule has 0 unspecified atom stereocenters. The van der Waals surface area contributed by atoms with E-state index < -0.39 is 0 Å². The molecule has 0 aromatic carbocycles. The Balaban J connectivity index is 0.00000121. The minimum atomic E-state index is 0. The van der Waals surface area contributed by atoms with Gasteiger partial charge in [0.2, 0.25) is 0 Å². The van der Waals surface area contributed by atoms with Crippen molar-refractivity contribution in [1.29, 1.82) is 0 Å². The van der Waals surface area contributed by atoms with Gasteiger partial charge in [-0.3, -0.25) is 0 Å². The first-order chi connectivity index (χ1) is 5.22. The van der Waals surface area contributed by atoms with Crippen LogP contribution in [0, 0.1) is 17.8 Å². The van der Waals surface area contributed by atoms with Crippen molar-refractivity contribution in [2.75, 3.05) is 0 Å². The third-order valence-corrected chi connectivity index (χ3v) is 3.02. The quantitative estimate of drug-likeness (QED) is 0.540.